The summed E-state index contributed by atoms with van der Waals surface area (Å²) in [7, 11) is 0. The first kappa shape index (κ1) is 15.5. The van der Waals surface area contributed by atoms with Crippen LogP contribution in [0.4, 0.5) is 0 Å². The highest BCUT2D eigenvalue weighted by atomic mass is 16.7. The van der Waals surface area contributed by atoms with Gasteiger partial charge in [0.25, 0.3) is 0 Å². The normalized spacial score (nSPS) is 24.9. The Morgan fingerprint density at radius 2 is 1.83 bits per heavy atom. The third-order valence-electron chi connectivity index (χ3n) is 3.64. The molecule has 1 N–H and O–H groups in total. The number of nitrogens with one attached hydrogen (secondary N) is 1. The van der Waals surface area contributed by atoms with E-state index in [4.69, 9.17) is 4.84 Å². The van der Waals surface area contributed by atoms with E-state index < -0.39 is 0 Å². The maximum absolute atomic E-state index is 11.9. The Bertz CT molecular complexity index is 250. The van der Waals surface area contributed by atoms with Crippen molar-refractivity contribution in [3.05, 3.63) is 0 Å². The van der Waals surface area contributed by atoms with Gasteiger partial charge in [-0.1, -0.05) is 26.2 Å². The molecule has 18 heavy (non-hydrogen) atoms. The monoisotopic (exact) mass is 255 g/mol. The van der Waals surface area contributed by atoms with E-state index >= 15 is 0 Å². The van der Waals surface area contributed by atoms with Crippen LogP contribution in [0.1, 0.15) is 72.6 Å². The van der Waals surface area contributed by atoms with Crippen molar-refractivity contribution in [2.24, 2.45) is 11.8 Å². The van der Waals surface area contributed by atoms with Gasteiger partial charge in [0.1, 0.15) is 0 Å². The van der Waals surface area contributed by atoms with Crippen LogP contribution < -0.4 is 5.48 Å². The van der Waals surface area contributed by atoms with Crippen molar-refractivity contribution in [1.29, 1.82) is 0 Å². The van der Waals surface area contributed by atoms with Gasteiger partial charge in [-0.2, -0.15) is 0 Å². The number of unbranched alkanes of at least 4 members (excludes halogenated alkanes) is 1. The minimum Gasteiger partial charge on any atom is -0.272 e. The van der Waals surface area contributed by atoms with Gasteiger partial charge in [0, 0.05) is 5.92 Å². The summed E-state index contributed by atoms with van der Waals surface area (Å²) >= 11 is 0. The second-order valence-electron chi connectivity index (χ2n) is 6.54. The summed E-state index contributed by atoms with van der Waals surface area (Å²) in [5.74, 6) is 1.07. The van der Waals surface area contributed by atoms with Crippen molar-refractivity contribution < 1.29 is 9.63 Å². The predicted octanol–water partition coefficient (Wildman–Crippen LogP) is 3.83. The Kier molecular flexibility index (Phi) is 6.13. The zero-order chi connectivity index (χ0) is 13.6. The van der Waals surface area contributed by atoms with Gasteiger partial charge in [-0.25, -0.2) is 5.48 Å². The Labute approximate surface area is 112 Å². The summed E-state index contributed by atoms with van der Waals surface area (Å²) in [6.45, 7) is 8.06. The largest absolute Gasteiger partial charge is 0.272 e. The number of amides is 1. The van der Waals surface area contributed by atoms with E-state index in [1.807, 2.05) is 20.8 Å². The van der Waals surface area contributed by atoms with Gasteiger partial charge in [0.05, 0.1) is 5.60 Å². The summed E-state index contributed by atoms with van der Waals surface area (Å²) in [6, 6.07) is 0. The molecule has 3 heteroatoms. The molecule has 0 bridgehead atoms. The highest BCUT2D eigenvalue weighted by Crippen LogP contribution is 2.32. The molecule has 1 fully saturated rings. The molecule has 1 saturated carbocycles. The molecule has 0 heterocycles. The Hall–Kier alpha value is -0.570. The topological polar surface area (TPSA) is 38.3 Å². The van der Waals surface area contributed by atoms with E-state index in [1.165, 1.54) is 32.1 Å². The third kappa shape index (κ3) is 5.85. The lowest BCUT2D eigenvalue weighted by atomic mass is 9.79. The van der Waals surface area contributed by atoms with Crippen molar-refractivity contribution in [1.82, 2.24) is 5.48 Å². The SMILES string of the molecule is CCCCC1CCC(C(=O)NOC(C)(C)C)CC1. The Balaban J connectivity index is 2.23. The van der Waals surface area contributed by atoms with Crippen molar-refractivity contribution in [2.45, 2.75) is 78.2 Å². The van der Waals surface area contributed by atoms with Gasteiger partial charge in [-0.3, -0.25) is 9.63 Å². The van der Waals surface area contributed by atoms with Crippen LogP contribution in [0, 0.1) is 11.8 Å². The van der Waals surface area contributed by atoms with Crippen molar-refractivity contribution >= 4 is 5.91 Å². The first-order valence-electron chi connectivity index (χ1n) is 7.40. The lowest BCUT2D eigenvalue weighted by Crippen LogP contribution is -2.38. The fourth-order valence-corrected chi connectivity index (χ4v) is 2.49. The van der Waals surface area contributed by atoms with Crippen molar-refractivity contribution in [3.63, 3.8) is 0 Å². The maximum atomic E-state index is 11.9. The molecule has 0 aromatic rings. The molecule has 0 aliphatic heterocycles. The Morgan fingerprint density at radius 3 is 2.33 bits per heavy atom. The summed E-state index contributed by atoms with van der Waals surface area (Å²) in [5, 5.41) is 0. The number of hydroxylamine groups is 1. The number of hydrogen-bond acceptors (Lipinski definition) is 2. The number of carbonyl (C=O) groups excluding carboxylic acids is 1. The van der Waals surface area contributed by atoms with E-state index in [-0.39, 0.29) is 17.4 Å². The summed E-state index contributed by atoms with van der Waals surface area (Å²) in [6.07, 6.45) is 8.39. The highest BCUT2D eigenvalue weighted by Gasteiger charge is 2.26. The molecule has 0 unspecified atom stereocenters. The van der Waals surface area contributed by atoms with Crippen LogP contribution in [0.15, 0.2) is 0 Å². The van der Waals surface area contributed by atoms with Gasteiger partial charge in [0.15, 0.2) is 0 Å². The van der Waals surface area contributed by atoms with Crippen LogP contribution >= 0.6 is 0 Å². The smallest absolute Gasteiger partial charge is 0.246 e. The lowest BCUT2D eigenvalue weighted by Gasteiger charge is -2.28. The zero-order valence-corrected chi connectivity index (χ0v) is 12.4. The van der Waals surface area contributed by atoms with E-state index in [1.54, 1.807) is 0 Å². The molecule has 1 aliphatic carbocycles. The van der Waals surface area contributed by atoms with Gasteiger partial charge >= 0.3 is 0 Å². The third-order valence-corrected chi connectivity index (χ3v) is 3.64. The van der Waals surface area contributed by atoms with Crippen LogP contribution in [0.25, 0.3) is 0 Å². The quantitative estimate of drug-likeness (QED) is 0.758. The fourth-order valence-electron chi connectivity index (χ4n) is 2.49. The van der Waals surface area contributed by atoms with Gasteiger partial charge < -0.3 is 0 Å². The molecule has 0 aromatic carbocycles. The summed E-state index contributed by atoms with van der Waals surface area (Å²) in [4.78, 5) is 17.3. The summed E-state index contributed by atoms with van der Waals surface area (Å²) in [5.41, 5.74) is 2.30. The van der Waals surface area contributed by atoms with Gasteiger partial charge in [-0.15, -0.1) is 0 Å². The minimum absolute atomic E-state index is 0.0684. The first-order chi connectivity index (χ1) is 8.42. The van der Waals surface area contributed by atoms with Crippen LogP contribution in [-0.4, -0.2) is 11.5 Å². The Morgan fingerprint density at radius 1 is 1.22 bits per heavy atom. The molecule has 3 nitrogen and oxygen atoms in total. The number of carbonyl (C=O) groups is 1. The average Bonchev–Trinajstić information content (AvgIpc) is 2.33. The summed E-state index contributed by atoms with van der Waals surface area (Å²) < 4.78 is 0. The van der Waals surface area contributed by atoms with Crippen LogP contribution in [0.2, 0.25) is 0 Å². The second kappa shape index (κ2) is 7.13. The van der Waals surface area contributed by atoms with E-state index in [0.717, 1.165) is 18.8 Å². The molecule has 0 aromatic heterocycles. The van der Waals surface area contributed by atoms with Crippen LogP contribution in [-0.2, 0) is 9.63 Å². The molecule has 0 saturated heterocycles. The first-order valence-corrected chi connectivity index (χ1v) is 7.40. The van der Waals surface area contributed by atoms with E-state index in [2.05, 4.69) is 12.4 Å². The maximum Gasteiger partial charge on any atom is 0.246 e. The number of rotatable bonds is 5. The standard InChI is InChI=1S/C15H29NO2/c1-5-6-7-12-8-10-13(11-9-12)14(17)16-18-15(2,3)4/h12-13H,5-11H2,1-4H3,(H,16,17). The molecule has 106 valence electrons. The van der Waals surface area contributed by atoms with E-state index in [0.29, 0.717) is 0 Å². The average molecular weight is 255 g/mol. The zero-order valence-electron chi connectivity index (χ0n) is 12.4. The number of hydrogen-bond donors (Lipinski definition) is 1. The minimum atomic E-state index is -0.312. The molecule has 1 rings (SSSR count). The molecule has 0 atom stereocenters. The molecular weight excluding hydrogens is 226 g/mol. The molecule has 0 radical (unpaired) electrons. The molecule has 0 spiro atoms. The molecule has 1 amide bonds. The van der Waals surface area contributed by atoms with Gasteiger partial charge in [0.2, 0.25) is 5.91 Å². The second-order valence-corrected chi connectivity index (χ2v) is 6.54. The fraction of sp³-hybridized carbons (Fsp3) is 0.933. The van der Waals surface area contributed by atoms with Gasteiger partial charge in [-0.05, 0) is 52.4 Å². The van der Waals surface area contributed by atoms with Crippen LogP contribution in [0.3, 0.4) is 0 Å². The highest BCUT2D eigenvalue weighted by molar-refractivity contribution is 5.77. The van der Waals surface area contributed by atoms with Crippen molar-refractivity contribution in [3.8, 4) is 0 Å². The predicted molar refractivity (Wildman–Crippen MR) is 74.0 cm³/mol. The van der Waals surface area contributed by atoms with E-state index in [9.17, 15) is 4.79 Å². The van der Waals surface area contributed by atoms with Crippen molar-refractivity contribution in [2.75, 3.05) is 0 Å². The molecular formula is C15H29NO2. The van der Waals surface area contributed by atoms with Crippen LogP contribution in [0.5, 0.6) is 0 Å². The molecule has 1 aliphatic rings. The lowest BCUT2D eigenvalue weighted by molar-refractivity contribution is -0.151.